The lowest BCUT2D eigenvalue weighted by molar-refractivity contribution is -0.384. The second kappa shape index (κ2) is 3.51. The Kier molecular flexibility index (Phi) is 2.61. The van der Waals surface area contributed by atoms with Crippen molar-refractivity contribution in [1.82, 2.24) is 0 Å². The minimum absolute atomic E-state index is 0.0161. The molecule has 64 valence electrons. The van der Waals surface area contributed by atoms with Gasteiger partial charge in [-0.15, -0.1) is 0 Å². The highest BCUT2D eigenvalue weighted by Gasteiger charge is 2.06. The molecule has 0 bridgehead atoms. The highest BCUT2D eigenvalue weighted by molar-refractivity contribution is 9.10. The second-order valence-electron chi connectivity index (χ2n) is 2.09. The van der Waals surface area contributed by atoms with Gasteiger partial charge in [0.15, 0.2) is 0 Å². The van der Waals surface area contributed by atoms with Gasteiger partial charge in [-0.05, 0) is 6.07 Å². The first-order chi connectivity index (χ1) is 5.61. The van der Waals surface area contributed by atoms with E-state index in [0.29, 0.717) is 5.69 Å². The predicted octanol–water partition coefficient (Wildman–Crippen LogP) is 1.58. The van der Waals surface area contributed by atoms with Crippen molar-refractivity contribution in [2.75, 3.05) is 4.03 Å². The van der Waals surface area contributed by atoms with Crippen molar-refractivity contribution in [2.24, 2.45) is 5.84 Å². The van der Waals surface area contributed by atoms with Crippen molar-refractivity contribution in [2.45, 2.75) is 0 Å². The van der Waals surface area contributed by atoms with E-state index in [0.717, 1.165) is 4.03 Å². The zero-order chi connectivity index (χ0) is 9.14. The van der Waals surface area contributed by atoms with Crippen molar-refractivity contribution in [3.05, 3.63) is 34.4 Å². The zero-order valence-corrected chi connectivity index (χ0v) is 7.56. The summed E-state index contributed by atoms with van der Waals surface area (Å²) in [7, 11) is 0. The molecule has 0 amide bonds. The Morgan fingerprint density at radius 2 is 2.25 bits per heavy atom. The van der Waals surface area contributed by atoms with Crippen LogP contribution >= 0.6 is 16.1 Å². The third-order valence-electron chi connectivity index (χ3n) is 1.29. The fourth-order valence-electron chi connectivity index (χ4n) is 0.739. The molecule has 0 aliphatic heterocycles. The fourth-order valence-corrected chi connectivity index (χ4v) is 0.960. The molecule has 2 N–H and O–H groups in total. The van der Waals surface area contributed by atoms with Crippen LogP contribution in [0.25, 0.3) is 0 Å². The summed E-state index contributed by atoms with van der Waals surface area (Å²) in [5.41, 5.74) is 0.548. The Balaban J connectivity index is 3.04. The number of nitrogens with zero attached hydrogens (tertiary/aromatic N) is 2. The SMILES string of the molecule is NN(Br)c1cccc([N+](=O)[O-])c1. The van der Waals surface area contributed by atoms with E-state index in [1.807, 2.05) is 0 Å². The van der Waals surface area contributed by atoms with Crippen molar-refractivity contribution in [1.29, 1.82) is 0 Å². The third kappa shape index (κ3) is 1.93. The standard InChI is InChI=1S/C6H6BrN3O2/c7-9(8)5-2-1-3-6(4-5)10(11)12/h1-4H,8H2. The molecule has 0 spiro atoms. The Bertz CT molecular complexity index is 303. The Morgan fingerprint density at radius 1 is 1.58 bits per heavy atom. The molecule has 0 aromatic heterocycles. The molecule has 1 rings (SSSR count). The first-order valence-corrected chi connectivity index (χ1v) is 3.77. The predicted molar refractivity (Wildman–Crippen MR) is 48.7 cm³/mol. The van der Waals surface area contributed by atoms with Crippen LogP contribution in [0.5, 0.6) is 0 Å². The summed E-state index contributed by atoms with van der Waals surface area (Å²) >= 11 is 2.95. The van der Waals surface area contributed by atoms with Gasteiger partial charge < -0.3 is 0 Å². The summed E-state index contributed by atoms with van der Waals surface area (Å²) in [5.74, 6) is 5.31. The molecule has 0 aliphatic rings. The van der Waals surface area contributed by atoms with E-state index in [9.17, 15) is 10.1 Å². The zero-order valence-electron chi connectivity index (χ0n) is 5.98. The lowest BCUT2D eigenvalue weighted by Gasteiger charge is -2.07. The Morgan fingerprint density at radius 3 is 2.75 bits per heavy atom. The molecule has 12 heavy (non-hydrogen) atoms. The number of nitro groups is 1. The van der Waals surface area contributed by atoms with Crippen molar-refractivity contribution in [3.63, 3.8) is 0 Å². The van der Waals surface area contributed by atoms with Crippen LogP contribution in [0.3, 0.4) is 0 Å². The lowest BCUT2D eigenvalue weighted by atomic mass is 10.3. The minimum atomic E-state index is -0.472. The van der Waals surface area contributed by atoms with E-state index in [-0.39, 0.29) is 5.69 Å². The number of rotatable bonds is 2. The fraction of sp³-hybridized carbons (Fsp3) is 0. The smallest absolute Gasteiger partial charge is 0.258 e. The maximum atomic E-state index is 10.3. The van der Waals surface area contributed by atoms with Crippen LogP contribution in [0, 0.1) is 10.1 Å². The first kappa shape index (κ1) is 8.95. The number of benzene rings is 1. The average molecular weight is 232 g/mol. The second-order valence-corrected chi connectivity index (χ2v) is 2.85. The molecule has 5 nitrogen and oxygen atoms in total. The monoisotopic (exact) mass is 231 g/mol. The summed E-state index contributed by atoms with van der Waals surface area (Å²) < 4.78 is 1.14. The van der Waals surface area contributed by atoms with Crippen LogP contribution < -0.4 is 9.88 Å². The van der Waals surface area contributed by atoms with Crippen LogP contribution in [0.2, 0.25) is 0 Å². The van der Waals surface area contributed by atoms with Gasteiger partial charge in [0.2, 0.25) is 0 Å². The van der Waals surface area contributed by atoms with E-state index in [1.165, 1.54) is 12.1 Å². The quantitative estimate of drug-likeness (QED) is 0.363. The summed E-state index contributed by atoms with van der Waals surface area (Å²) in [4.78, 5) is 9.83. The summed E-state index contributed by atoms with van der Waals surface area (Å²) in [5, 5.41) is 10.3. The van der Waals surface area contributed by atoms with E-state index in [4.69, 9.17) is 5.84 Å². The number of hydrogen-bond acceptors (Lipinski definition) is 4. The number of hydrogen-bond donors (Lipinski definition) is 1. The largest absolute Gasteiger partial charge is 0.271 e. The van der Waals surface area contributed by atoms with E-state index in [2.05, 4.69) is 16.1 Å². The Labute approximate surface area is 77.2 Å². The van der Waals surface area contributed by atoms with Crippen LogP contribution in [0.15, 0.2) is 24.3 Å². The topological polar surface area (TPSA) is 72.4 Å². The molecule has 0 saturated heterocycles. The van der Waals surface area contributed by atoms with Crippen LogP contribution in [-0.4, -0.2) is 4.92 Å². The highest BCUT2D eigenvalue weighted by atomic mass is 79.9. The average Bonchev–Trinajstić information content (AvgIpc) is 2.04. The normalized spacial score (nSPS) is 9.50. The molecule has 1 aromatic rings. The first-order valence-electron chi connectivity index (χ1n) is 3.06. The number of non-ortho nitro benzene ring substituents is 1. The van der Waals surface area contributed by atoms with Gasteiger partial charge in [0.1, 0.15) is 0 Å². The van der Waals surface area contributed by atoms with Crippen LogP contribution in [-0.2, 0) is 0 Å². The number of anilines is 1. The molecule has 6 heteroatoms. The van der Waals surface area contributed by atoms with E-state index < -0.39 is 4.92 Å². The van der Waals surface area contributed by atoms with Crippen molar-refractivity contribution < 1.29 is 4.92 Å². The molecular formula is C6H6BrN3O2. The Hall–Kier alpha value is -1.14. The highest BCUT2D eigenvalue weighted by Crippen LogP contribution is 2.20. The van der Waals surface area contributed by atoms with Gasteiger partial charge >= 0.3 is 0 Å². The maximum absolute atomic E-state index is 10.3. The molecule has 0 atom stereocenters. The third-order valence-corrected chi connectivity index (χ3v) is 1.70. The van der Waals surface area contributed by atoms with Crippen LogP contribution in [0.1, 0.15) is 0 Å². The van der Waals surface area contributed by atoms with Gasteiger partial charge in [0.25, 0.3) is 5.69 Å². The molecule has 0 fully saturated rings. The number of nitrogens with two attached hydrogens (primary N) is 1. The van der Waals surface area contributed by atoms with Crippen LogP contribution in [0.4, 0.5) is 11.4 Å². The number of hydrazine groups is 1. The van der Waals surface area contributed by atoms with Gasteiger partial charge in [0.05, 0.1) is 26.8 Å². The van der Waals surface area contributed by atoms with Crippen molar-refractivity contribution >= 4 is 27.5 Å². The minimum Gasteiger partial charge on any atom is -0.258 e. The van der Waals surface area contributed by atoms with Gasteiger partial charge in [-0.3, -0.25) is 10.1 Å². The van der Waals surface area contributed by atoms with E-state index in [1.54, 1.807) is 12.1 Å². The van der Waals surface area contributed by atoms with E-state index >= 15 is 0 Å². The maximum Gasteiger partial charge on any atom is 0.271 e. The molecule has 0 unspecified atom stereocenters. The van der Waals surface area contributed by atoms with Gasteiger partial charge in [0, 0.05) is 12.1 Å². The number of halogens is 1. The van der Waals surface area contributed by atoms with Gasteiger partial charge in [-0.25, -0.2) is 9.88 Å². The molecule has 0 saturated carbocycles. The molecule has 0 heterocycles. The molecule has 0 radical (unpaired) electrons. The summed E-state index contributed by atoms with van der Waals surface area (Å²) in [6.45, 7) is 0. The van der Waals surface area contributed by atoms with Gasteiger partial charge in [-0.1, -0.05) is 6.07 Å². The molecule has 1 aromatic carbocycles. The van der Waals surface area contributed by atoms with Crippen molar-refractivity contribution in [3.8, 4) is 0 Å². The number of nitro benzene ring substituents is 1. The summed E-state index contributed by atoms with van der Waals surface area (Å²) in [6, 6.07) is 5.99. The lowest BCUT2D eigenvalue weighted by Crippen LogP contribution is -2.17. The summed E-state index contributed by atoms with van der Waals surface area (Å²) in [6.07, 6.45) is 0. The molecular weight excluding hydrogens is 226 g/mol. The molecule has 0 aliphatic carbocycles. The van der Waals surface area contributed by atoms with Gasteiger partial charge in [-0.2, -0.15) is 0 Å².